The summed E-state index contributed by atoms with van der Waals surface area (Å²) >= 11 is 2.41. The van der Waals surface area contributed by atoms with Gasteiger partial charge in [0.15, 0.2) is 0 Å². The molecule has 0 aromatic heterocycles. The smallest absolute Gasteiger partial charge is 0.0385 e. The summed E-state index contributed by atoms with van der Waals surface area (Å²) < 4.78 is 1.34. The molecule has 2 unspecified atom stereocenters. The second-order valence-corrected chi connectivity index (χ2v) is 6.54. The van der Waals surface area contributed by atoms with Crippen molar-refractivity contribution in [3.05, 3.63) is 33.4 Å². The number of hydrogen-bond donors (Lipinski definition) is 1. The Morgan fingerprint density at radius 3 is 2.94 bits per heavy atom. The second-order valence-electron chi connectivity index (χ2n) is 5.29. The monoisotopic (exact) mass is 358 g/mol. The van der Waals surface area contributed by atoms with Gasteiger partial charge in [-0.1, -0.05) is 18.6 Å². The molecule has 0 spiro atoms. The van der Waals surface area contributed by atoms with E-state index in [1.165, 1.54) is 34.9 Å². The van der Waals surface area contributed by atoms with E-state index in [-0.39, 0.29) is 0 Å². The maximum absolute atomic E-state index is 3.37. The molecule has 1 N–H and O–H groups in total. The van der Waals surface area contributed by atoms with E-state index in [0.717, 1.165) is 12.5 Å². The largest absolute Gasteiger partial charge is 0.319 e. The minimum Gasteiger partial charge on any atom is -0.319 e. The van der Waals surface area contributed by atoms with Gasteiger partial charge in [-0.25, -0.2) is 0 Å². The molecule has 0 aliphatic carbocycles. The zero-order valence-corrected chi connectivity index (χ0v) is 13.5. The second kappa shape index (κ2) is 6.87. The first-order valence-corrected chi connectivity index (χ1v) is 7.90. The molecule has 1 aliphatic heterocycles. The van der Waals surface area contributed by atoms with Crippen molar-refractivity contribution in [1.82, 2.24) is 10.2 Å². The standard InChI is InChI=1S/C15H23IN2/c1-17-11-13-6-3-4-9-18(2)15(13)12-7-5-8-14(16)10-12/h5,7-8,10,13,15,17H,3-4,6,9,11H2,1-2H3. The summed E-state index contributed by atoms with van der Waals surface area (Å²) in [4.78, 5) is 2.54. The van der Waals surface area contributed by atoms with Crippen LogP contribution in [0.5, 0.6) is 0 Å². The first-order chi connectivity index (χ1) is 8.72. The van der Waals surface area contributed by atoms with Crippen molar-refractivity contribution in [2.45, 2.75) is 25.3 Å². The highest BCUT2D eigenvalue weighted by molar-refractivity contribution is 14.1. The summed E-state index contributed by atoms with van der Waals surface area (Å²) in [6, 6.07) is 9.56. The molecule has 1 fully saturated rings. The Morgan fingerprint density at radius 1 is 1.39 bits per heavy atom. The quantitative estimate of drug-likeness (QED) is 0.835. The minimum atomic E-state index is 0.565. The molecule has 2 atom stereocenters. The highest BCUT2D eigenvalue weighted by atomic mass is 127. The summed E-state index contributed by atoms with van der Waals surface area (Å²) in [5, 5.41) is 3.37. The van der Waals surface area contributed by atoms with Gasteiger partial charge in [0.05, 0.1) is 0 Å². The van der Waals surface area contributed by atoms with Crippen LogP contribution >= 0.6 is 22.6 Å². The van der Waals surface area contributed by atoms with Gasteiger partial charge >= 0.3 is 0 Å². The fourth-order valence-electron chi connectivity index (χ4n) is 3.12. The normalized spacial score (nSPS) is 25.9. The van der Waals surface area contributed by atoms with Gasteiger partial charge in [-0.3, -0.25) is 4.90 Å². The van der Waals surface area contributed by atoms with Crippen LogP contribution in [-0.2, 0) is 0 Å². The van der Waals surface area contributed by atoms with Crippen molar-refractivity contribution >= 4 is 22.6 Å². The summed E-state index contributed by atoms with van der Waals surface area (Å²) in [6.07, 6.45) is 4.02. The average molecular weight is 358 g/mol. The molecule has 0 amide bonds. The van der Waals surface area contributed by atoms with E-state index in [4.69, 9.17) is 0 Å². The van der Waals surface area contributed by atoms with Gasteiger partial charge in [0, 0.05) is 9.61 Å². The third kappa shape index (κ3) is 3.45. The lowest BCUT2D eigenvalue weighted by molar-refractivity contribution is 0.191. The van der Waals surface area contributed by atoms with Crippen molar-refractivity contribution in [2.24, 2.45) is 5.92 Å². The number of nitrogens with zero attached hydrogens (tertiary/aromatic N) is 1. The van der Waals surface area contributed by atoms with Crippen molar-refractivity contribution < 1.29 is 0 Å². The van der Waals surface area contributed by atoms with E-state index in [1.54, 1.807) is 0 Å². The van der Waals surface area contributed by atoms with Gasteiger partial charge in [0.2, 0.25) is 0 Å². The van der Waals surface area contributed by atoms with E-state index < -0.39 is 0 Å². The first kappa shape index (κ1) is 14.3. The van der Waals surface area contributed by atoms with Crippen molar-refractivity contribution in [3.63, 3.8) is 0 Å². The zero-order chi connectivity index (χ0) is 13.0. The highest BCUT2D eigenvalue weighted by Gasteiger charge is 2.28. The fourth-order valence-corrected chi connectivity index (χ4v) is 3.68. The van der Waals surface area contributed by atoms with Gasteiger partial charge in [-0.15, -0.1) is 0 Å². The van der Waals surface area contributed by atoms with Crippen LogP contribution in [0.2, 0.25) is 0 Å². The molecule has 0 saturated carbocycles. The Hall–Kier alpha value is -0.130. The Bertz CT molecular complexity index is 381. The van der Waals surface area contributed by atoms with E-state index >= 15 is 0 Å². The van der Waals surface area contributed by atoms with E-state index in [9.17, 15) is 0 Å². The molecule has 2 nitrogen and oxygen atoms in total. The van der Waals surface area contributed by atoms with Crippen LogP contribution in [0.3, 0.4) is 0 Å². The Kier molecular flexibility index (Phi) is 5.45. The number of nitrogens with one attached hydrogen (secondary N) is 1. The minimum absolute atomic E-state index is 0.565. The number of benzene rings is 1. The van der Waals surface area contributed by atoms with Crippen LogP contribution in [0.4, 0.5) is 0 Å². The van der Waals surface area contributed by atoms with Gasteiger partial charge in [0.25, 0.3) is 0 Å². The predicted molar refractivity (Wildman–Crippen MR) is 85.8 cm³/mol. The maximum atomic E-state index is 3.37. The van der Waals surface area contributed by atoms with Gasteiger partial charge < -0.3 is 5.32 Å². The average Bonchev–Trinajstić information content (AvgIpc) is 2.52. The number of hydrogen-bond acceptors (Lipinski definition) is 2. The summed E-state index contributed by atoms with van der Waals surface area (Å²) in [5.41, 5.74) is 1.48. The summed E-state index contributed by atoms with van der Waals surface area (Å²) in [7, 11) is 4.34. The van der Waals surface area contributed by atoms with E-state index in [1.807, 2.05) is 0 Å². The third-order valence-corrected chi connectivity index (χ3v) is 4.58. The molecule has 1 aromatic rings. The van der Waals surface area contributed by atoms with Gasteiger partial charge in [-0.05, 0) is 86.2 Å². The predicted octanol–water partition coefficient (Wildman–Crippen LogP) is 3.28. The zero-order valence-electron chi connectivity index (χ0n) is 11.3. The molecule has 3 heteroatoms. The van der Waals surface area contributed by atoms with E-state index in [2.05, 4.69) is 71.2 Å². The Morgan fingerprint density at radius 2 is 2.22 bits per heavy atom. The molecule has 18 heavy (non-hydrogen) atoms. The lowest BCUT2D eigenvalue weighted by atomic mass is 9.89. The van der Waals surface area contributed by atoms with Crippen molar-refractivity contribution in [2.75, 3.05) is 27.2 Å². The van der Waals surface area contributed by atoms with Crippen LogP contribution in [0.15, 0.2) is 24.3 Å². The summed E-state index contributed by atoms with van der Waals surface area (Å²) in [6.45, 7) is 2.33. The van der Waals surface area contributed by atoms with E-state index in [0.29, 0.717) is 6.04 Å². The lowest BCUT2D eigenvalue weighted by Gasteiger charge is -2.33. The van der Waals surface area contributed by atoms with Crippen LogP contribution < -0.4 is 5.32 Å². The molecule has 100 valence electrons. The molecular formula is C15H23IN2. The molecule has 2 rings (SSSR count). The molecule has 0 bridgehead atoms. The lowest BCUT2D eigenvalue weighted by Crippen LogP contribution is -2.34. The Labute approximate surface area is 124 Å². The number of halogens is 1. The topological polar surface area (TPSA) is 15.3 Å². The molecule has 1 saturated heterocycles. The molecule has 1 aliphatic rings. The third-order valence-electron chi connectivity index (χ3n) is 3.91. The molecule has 1 heterocycles. The number of rotatable bonds is 3. The van der Waals surface area contributed by atoms with Crippen molar-refractivity contribution in [1.29, 1.82) is 0 Å². The highest BCUT2D eigenvalue weighted by Crippen LogP contribution is 2.34. The van der Waals surface area contributed by atoms with Crippen LogP contribution in [0.1, 0.15) is 30.9 Å². The van der Waals surface area contributed by atoms with Crippen LogP contribution in [0, 0.1) is 9.49 Å². The SMILES string of the molecule is CNCC1CCCCN(C)C1c1cccc(I)c1. The first-order valence-electron chi connectivity index (χ1n) is 6.82. The summed E-state index contributed by atoms with van der Waals surface area (Å²) in [5.74, 6) is 0.723. The molecule has 1 aromatic carbocycles. The molecule has 0 radical (unpaired) electrons. The molecular weight excluding hydrogens is 335 g/mol. The van der Waals surface area contributed by atoms with Gasteiger partial charge in [-0.2, -0.15) is 0 Å². The Balaban J connectivity index is 2.28. The van der Waals surface area contributed by atoms with Crippen LogP contribution in [-0.4, -0.2) is 32.1 Å². The maximum Gasteiger partial charge on any atom is 0.0385 e. The van der Waals surface area contributed by atoms with Gasteiger partial charge in [0.1, 0.15) is 0 Å². The van der Waals surface area contributed by atoms with Crippen molar-refractivity contribution in [3.8, 4) is 0 Å². The fraction of sp³-hybridized carbons (Fsp3) is 0.600. The number of likely N-dealkylation sites (tertiary alicyclic amines) is 1. The van der Waals surface area contributed by atoms with Crippen LogP contribution in [0.25, 0.3) is 0 Å².